The van der Waals surface area contributed by atoms with E-state index in [0.29, 0.717) is 6.54 Å². The quantitative estimate of drug-likeness (QED) is 0.705. The van der Waals surface area contributed by atoms with E-state index < -0.39 is 6.04 Å². The van der Waals surface area contributed by atoms with Crippen molar-refractivity contribution in [3.8, 4) is 0 Å². The Balaban J connectivity index is 2.69. The molecule has 112 valence electrons. The van der Waals surface area contributed by atoms with E-state index in [4.69, 9.17) is 10.8 Å². The van der Waals surface area contributed by atoms with Crippen LogP contribution in [0.25, 0.3) is 0 Å². The Hall–Kier alpha value is -1.59. The van der Waals surface area contributed by atoms with E-state index in [1.54, 1.807) is 0 Å². The molecule has 0 saturated carbocycles. The van der Waals surface area contributed by atoms with E-state index in [9.17, 15) is 4.79 Å². The maximum Gasteiger partial charge on any atom is 0.241 e. The molecule has 0 aliphatic carbocycles. The maximum absolute atomic E-state index is 11.9. The minimum absolute atomic E-state index is 0.106. The van der Waals surface area contributed by atoms with E-state index in [1.807, 2.05) is 45.0 Å². The number of amides is 1. The number of likely N-dealkylation sites (N-methyl/N-ethyl adjacent to an activating group) is 1. The summed E-state index contributed by atoms with van der Waals surface area (Å²) in [6.07, 6.45) is 0. The van der Waals surface area contributed by atoms with Gasteiger partial charge in [0, 0.05) is 24.5 Å². The van der Waals surface area contributed by atoms with Gasteiger partial charge in [0.05, 0.1) is 12.6 Å². The van der Waals surface area contributed by atoms with Crippen LogP contribution in [0.3, 0.4) is 0 Å². The molecule has 4 N–H and O–H groups in total. The lowest BCUT2D eigenvalue weighted by Gasteiger charge is -2.22. The molecule has 1 amide bonds. The second-order valence-corrected chi connectivity index (χ2v) is 5.11. The Morgan fingerprint density at radius 1 is 1.35 bits per heavy atom. The fourth-order valence-corrected chi connectivity index (χ4v) is 1.87. The highest BCUT2D eigenvalue weighted by atomic mass is 16.3. The average Bonchev–Trinajstić information content (AvgIpc) is 2.44. The summed E-state index contributed by atoms with van der Waals surface area (Å²) >= 11 is 0. The molecule has 5 nitrogen and oxygen atoms in total. The zero-order valence-electron chi connectivity index (χ0n) is 12.5. The second-order valence-electron chi connectivity index (χ2n) is 5.11. The topological polar surface area (TPSA) is 78.6 Å². The Morgan fingerprint density at radius 3 is 2.40 bits per heavy atom. The number of anilines is 2. The summed E-state index contributed by atoms with van der Waals surface area (Å²) in [6, 6.07) is 7.04. The summed E-state index contributed by atoms with van der Waals surface area (Å²) in [7, 11) is 0. The summed E-state index contributed by atoms with van der Waals surface area (Å²) in [5, 5.41) is 11.8. The number of aliphatic hydroxyl groups excluding tert-OH is 1. The van der Waals surface area contributed by atoms with Gasteiger partial charge in [0.2, 0.25) is 5.91 Å². The number of carbonyl (C=O) groups excluding carboxylic acids is 1. The lowest BCUT2D eigenvalue weighted by Crippen LogP contribution is -2.39. The molecule has 20 heavy (non-hydrogen) atoms. The van der Waals surface area contributed by atoms with E-state index in [-0.39, 0.29) is 18.4 Å². The van der Waals surface area contributed by atoms with Crippen LogP contribution < -0.4 is 16.0 Å². The fraction of sp³-hybridized carbons (Fsp3) is 0.533. The molecule has 0 aliphatic rings. The van der Waals surface area contributed by atoms with Gasteiger partial charge in [-0.25, -0.2) is 0 Å². The molecule has 1 aromatic carbocycles. The van der Waals surface area contributed by atoms with Crippen molar-refractivity contribution in [3.05, 3.63) is 24.3 Å². The molecule has 0 unspecified atom stereocenters. The van der Waals surface area contributed by atoms with Crippen molar-refractivity contribution in [2.45, 2.75) is 26.8 Å². The molecule has 0 aromatic heterocycles. The number of nitrogens with one attached hydrogen (secondary N) is 1. The highest BCUT2D eigenvalue weighted by Crippen LogP contribution is 2.18. The monoisotopic (exact) mass is 279 g/mol. The van der Waals surface area contributed by atoms with Crippen molar-refractivity contribution >= 4 is 17.3 Å². The van der Waals surface area contributed by atoms with Crippen LogP contribution in [-0.4, -0.2) is 36.8 Å². The predicted molar refractivity (Wildman–Crippen MR) is 82.9 cm³/mol. The maximum atomic E-state index is 11.9. The first kappa shape index (κ1) is 16.5. The number of nitrogens with two attached hydrogens (primary N) is 1. The van der Waals surface area contributed by atoms with Gasteiger partial charge in [0.25, 0.3) is 0 Å². The smallest absolute Gasteiger partial charge is 0.241 e. The van der Waals surface area contributed by atoms with Crippen LogP contribution in [0, 0.1) is 5.92 Å². The number of hydrogen-bond acceptors (Lipinski definition) is 4. The predicted octanol–water partition coefficient (Wildman–Crippen LogP) is 1.43. The van der Waals surface area contributed by atoms with Gasteiger partial charge in [-0.05, 0) is 37.1 Å². The van der Waals surface area contributed by atoms with Crippen LogP contribution in [0.15, 0.2) is 24.3 Å². The van der Waals surface area contributed by atoms with Crippen molar-refractivity contribution in [2.75, 3.05) is 29.9 Å². The summed E-state index contributed by atoms with van der Waals surface area (Å²) in [5.74, 6) is -0.0649. The van der Waals surface area contributed by atoms with Crippen LogP contribution in [0.1, 0.15) is 20.8 Å². The highest BCUT2D eigenvalue weighted by Gasteiger charge is 2.17. The second kappa shape index (κ2) is 7.87. The van der Waals surface area contributed by atoms with Crippen LogP contribution in [0.4, 0.5) is 11.4 Å². The first-order valence-corrected chi connectivity index (χ1v) is 7.01. The van der Waals surface area contributed by atoms with Gasteiger partial charge in [-0.15, -0.1) is 0 Å². The molecule has 0 saturated heterocycles. The largest absolute Gasteiger partial charge is 0.395 e. The van der Waals surface area contributed by atoms with Gasteiger partial charge in [0.1, 0.15) is 0 Å². The third-order valence-electron chi connectivity index (χ3n) is 3.27. The zero-order chi connectivity index (χ0) is 15.1. The molecule has 5 heteroatoms. The molecule has 0 spiro atoms. The third kappa shape index (κ3) is 4.51. The van der Waals surface area contributed by atoms with Gasteiger partial charge in [-0.2, -0.15) is 0 Å². The van der Waals surface area contributed by atoms with E-state index in [2.05, 4.69) is 10.2 Å². The zero-order valence-corrected chi connectivity index (χ0v) is 12.5. The number of aliphatic hydroxyl groups is 1. The van der Waals surface area contributed by atoms with Crippen molar-refractivity contribution < 1.29 is 9.90 Å². The average molecular weight is 279 g/mol. The first-order valence-electron chi connectivity index (χ1n) is 7.01. The normalized spacial score (nSPS) is 12.3. The van der Waals surface area contributed by atoms with E-state index in [0.717, 1.165) is 17.9 Å². The summed E-state index contributed by atoms with van der Waals surface area (Å²) in [4.78, 5) is 13.9. The van der Waals surface area contributed by atoms with Crippen LogP contribution in [-0.2, 0) is 4.79 Å². The summed E-state index contributed by atoms with van der Waals surface area (Å²) in [5.41, 5.74) is 7.55. The number of benzene rings is 1. The summed E-state index contributed by atoms with van der Waals surface area (Å²) < 4.78 is 0. The Bertz CT molecular complexity index is 418. The molecule has 1 atom stereocenters. The molecule has 0 heterocycles. The summed E-state index contributed by atoms with van der Waals surface area (Å²) in [6.45, 7) is 7.41. The molecule has 1 rings (SSSR count). The minimum atomic E-state index is -0.504. The van der Waals surface area contributed by atoms with Crippen LogP contribution in [0.5, 0.6) is 0 Å². The van der Waals surface area contributed by atoms with Crippen LogP contribution in [0.2, 0.25) is 0 Å². The lowest BCUT2D eigenvalue weighted by molar-refractivity contribution is -0.118. The molecule has 0 aliphatic heterocycles. The van der Waals surface area contributed by atoms with Gasteiger partial charge >= 0.3 is 0 Å². The standard InChI is InChI=1S/C15H25N3O2/c1-4-18(9-10-19)13-7-5-12(6-8-13)17-15(20)14(16)11(2)3/h5-8,11,14,19H,4,9-10,16H2,1-3H3,(H,17,20)/t14-/m1/s1. The Kier molecular flexibility index (Phi) is 6.48. The van der Waals surface area contributed by atoms with Crippen LogP contribution >= 0.6 is 0 Å². The first-order chi connectivity index (χ1) is 9.49. The van der Waals surface area contributed by atoms with Gasteiger partial charge in [0.15, 0.2) is 0 Å². The number of hydrogen-bond donors (Lipinski definition) is 3. The van der Waals surface area contributed by atoms with Gasteiger partial charge < -0.3 is 21.1 Å². The SMILES string of the molecule is CCN(CCO)c1ccc(NC(=O)[C@H](N)C(C)C)cc1. The molecule has 1 aromatic rings. The number of rotatable bonds is 7. The number of carbonyl (C=O) groups is 1. The highest BCUT2D eigenvalue weighted by molar-refractivity contribution is 5.94. The Morgan fingerprint density at radius 2 is 1.95 bits per heavy atom. The van der Waals surface area contributed by atoms with Crippen molar-refractivity contribution in [1.29, 1.82) is 0 Å². The van der Waals surface area contributed by atoms with Crippen molar-refractivity contribution in [1.82, 2.24) is 0 Å². The molecule has 0 fully saturated rings. The molecule has 0 radical (unpaired) electrons. The van der Waals surface area contributed by atoms with Crippen molar-refractivity contribution in [3.63, 3.8) is 0 Å². The molecule has 0 bridgehead atoms. The van der Waals surface area contributed by atoms with Gasteiger partial charge in [-0.3, -0.25) is 4.79 Å². The third-order valence-corrected chi connectivity index (χ3v) is 3.27. The molecular weight excluding hydrogens is 254 g/mol. The van der Waals surface area contributed by atoms with Crippen molar-refractivity contribution in [2.24, 2.45) is 11.7 Å². The number of nitrogens with zero attached hydrogens (tertiary/aromatic N) is 1. The Labute approximate surface area is 120 Å². The van der Waals surface area contributed by atoms with E-state index in [1.165, 1.54) is 0 Å². The fourth-order valence-electron chi connectivity index (χ4n) is 1.87. The minimum Gasteiger partial charge on any atom is -0.395 e. The van der Waals surface area contributed by atoms with E-state index >= 15 is 0 Å². The molecular formula is C15H25N3O2. The lowest BCUT2D eigenvalue weighted by atomic mass is 10.0. The van der Waals surface area contributed by atoms with Gasteiger partial charge in [-0.1, -0.05) is 13.8 Å².